The van der Waals surface area contributed by atoms with Crippen molar-refractivity contribution in [3.05, 3.63) is 34.9 Å². The lowest BCUT2D eigenvalue weighted by Crippen LogP contribution is -2.41. The number of fused-ring (bicyclic) bond motifs is 1. The Labute approximate surface area is 100 Å². The lowest BCUT2D eigenvalue weighted by atomic mass is 10.1. The van der Waals surface area contributed by atoms with E-state index in [9.17, 15) is 29.4 Å². The Morgan fingerprint density at radius 3 is 2.22 bits per heavy atom. The number of hydrogen-bond acceptors (Lipinski definition) is 6. The summed E-state index contributed by atoms with van der Waals surface area (Å²) in [6.07, 6.45) is 0. The van der Waals surface area contributed by atoms with Gasteiger partial charge in [0.05, 0.1) is 29.6 Å². The highest BCUT2D eigenvalue weighted by atomic mass is 16.4. The maximum atomic E-state index is 11.7. The second-order valence-electron chi connectivity index (χ2n) is 3.62. The molecule has 1 aliphatic heterocycles. The minimum atomic E-state index is -1.58. The van der Waals surface area contributed by atoms with Gasteiger partial charge in [0.25, 0.3) is 11.8 Å². The summed E-state index contributed by atoms with van der Waals surface area (Å²) in [6, 6.07) is 3.25. The zero-order valence-electron chi connectivity index (χ0n) is 8.84. The molecule has 2 amide bonds. The Bertz CT molecular complexity index is 591. The van der Waals surface area contributed by atoms with Crippen LogP contribution in [0.3, 0.4) is 0 Å². The fraction of sp³-hybridized carbons (Fsp3) is 0.0909. The lowest BCUT2D eigenvalue weighted by Gasteiger charge is -2.13. The lowest BCUT2D eigenvalue weighted by molar-refractivity contribution is -0.305. The molecule has 0 aromatic heterocycles. The Morgan fingerprint density at radius 1 is 1.06 bits per heavy atom. The Hall–Kier alpha value is -2.70. The Morgan fingerprint density at radius 2 is 1.67 bits per heavy atom. The van der Waals surface area contributed by atoms with Crippen LogP contribution in [-0.2, 0) is 4.79 Å². The SMILES string of the molecule is O=C([O-])CN1C(=O)c2ccc(C(=O)[O-])cc2C1=O. The van der Waals surface area contributed by atoms with E-state index in [-0.39, 0.29) is 16.7 Å². The molecule has 1 heterocycles. The fourth-order valence-electron chi connectivity index (χ4n) is 1.69. The molecule has 0 saturated heterocycles. The molecule has 92 valence electrons. The van der Waals surface area contributed by atoms with Gasteiger partial charge in [-0.3, -0.25) is 14.5 Å². The molecule has 2 rings (SSSR count). The number of rotatable bonds is 3. The van der Waals surface area contributed by atoms with E-state index in [4.69, 9.17) is 0 Å². The average Bonchev–Trinajstić information content (AvgIpc) is 2.53. The summed E-state index contributed by atoms with van der Waals surface area (Å²) in [7, 11) is 0. The number of carbonyl (C=O) groups excluding carboxylic acids is 4. The Kier molecular flexibility index (Phi) is 2.59. The molecule has 0 bridgehead atoms. The van der Waals surface area contributed by atoms with Crippen LogP contribution < -0.4 is 10.2 Å². The number of carbonyl (C=O) groups is 4. The summed E-state index contributed by atoms with van der Waals surface area (Å²) in [5, 5.41) is 21.0. The number of benzene rings is 1. The number of carboxylic acid groups (broad SMARTS) is 2. The van der Waals surface area contributed by atoms with Gasteiger partial charge in [-0.1, -0.05) is 6.07 Å². The smallest absolute Gasteiger partial charge is 0.261 e. The number of hydrogen-bond donors (Lipinski definition) is 0. The first-order valence-electron chi connectivity index (χ1n) is 4.83. The van der Waals surface area contributed by atoms with Crippen LogP contribution >= 0.6 is 0 Å². The molecule has 1 aromatic rings. The van der Waals surface area contributed by atoms with Crippen molar-refractivity contribution < 1.29 is 29.4 Å². The van der Waals surface area contributed by atoms with Gasteiger partial charge in [-0.2, -0.15) is 0 Å². The molecule has 1 aliphatic rings. The molecule has 0 spiro atoms. The van der Waals surface area contributed by atoms with Gasteiger partial charge in [0.2, 0.25) is 0 Å². The minimum absolute atomic E-state index is 0.0359. The number of aliphatic carboxylic acids is 1. The fourth-order valence-corrected chi connectivity index (χ4v) is 1.69. The van der Waals surface area contributed by atoms with Crippen molar-refractivity contribution >= 4 is 23.8 Å². The van der Waals surface area contributed by atoms with Gasteiger partial charge >= 0.3 is 0 Å². The first kappa shape index (κ1) is 11.8. The molecule has 1 aromatic carbocycles. The van der Waals surface area contributed by atoms with Crippen LogP contribution in [0.1, 0.15) is 31.1 Å². The van der Waals surface area contributed by atoms with E-state index in [1.807, 2.05) is 0 Å². The van der Waals surface area contributed by atoms with Crippen LogP contribution in [0.15, 0.2) is 18.2 Å². The summed E-state index contributed by atoms with van der Waals surface area (Å²) in [4.78, 5) is 44.9. The minimum Gasteiger partial charge on any atom is -0.548 e. The molecule has 7 nitrogen and oxygen atoms in total. The van der Waals surface area contributed by atoms with Crippen molar-refractivity contribution in [3.63, 3.8) is 0 Å². The van der Waals surface area contributed by atoms with Crippen molar-refractivity contribution in [1.29, 1.82) is 0 Å². The predicted molar refractivity (Wildman–Crippen MR) is 51.1 cm³/mol. The maximum Gasteiger partial charge on any atom is 0.261 e. The molecule has 0 radical (unpaired) electrons. The monoisotopic (exact) mass is 247 g/mol. The van der Waals surface area contributed by atoms with Crippen molar-refractivity contribution in [1.82, 2.24) is 4.90 Å². The van der Waals surface area contributed by atoms with Crippen LogP contribution in [-0.4, -0.2) is 35.2 Å². The quantitative estimate of drug-likeness (QED) is 0.540. The molecule has 0 unspecified atom stereocenters. The molecule has 7 heteroatoms. The summed E-state index contributed by atoms with van der Waals surface area (Å²) >= 11 is 0. The summed E-state index contributed by atoms with van der Waals surface area (Å²) < 4.78 is 0. The Balaban J connectivity index is 2.45. The van der Waals surface area contributed by atoms with Crippen LogP contribution in [0, 0.1) is 0 Å². The zero-order chi connectivity index (χ0) is 13.4. The van der Waals surface area contributed by atoms with Crippen molar-refractivity contribution in [2.45, 2.75) is 0 Å². The highest BCUT2D eigenvalue weighted by Gasteiger charge is 2.35. The first-order chi connectivity index (χ1) is 8.41. The summed E-state index contributed by atoms with van der Waals surface area (Å²) in [5.41, 5.74) is -0.445. The van der Waals surface area contributed by atoms with E-state index >= 15 is 0 Å². The van der Waals surface area contributed by atoms with Crippen molar-refractivity contribution in [3.8, 4) is 0 Å². The highest BCUT2D eigenvalue weighted by molar-refractivity contribution is 6.22. The molecular weight excluding hydrogens is 242 g/mol. The van der Waals surface area contributed by atoms with Gasteiger partial charge in [0.1, 0.15) is 0 Å². The normalized spacial score (nSPS) is 13.7. The third-order valence-corrected chi connectivity index (χ3v) is 2.49. The van der Waals surface area contributed by atoms with Gasteiger partial charge in [-0.05, 0) is 17.7 Å². The molecule has 0 N–H and O–H groups in total. The number of carboxylic acids is 2. The second kappa shape index (κ2) is 3.95. The van der Waals surface area contributed by atoms with Crippen molar-refractivity contribution in [2.75, 3.05) is 6.54 Å². The largest absolute Gasteiger partial charge is 0.548 e. The molecule has 0 fully saturated rings. The number of nitrogens with zero attached hydrogens (tertiary/aromatic N) is 1. The van der Waals surface area contributed by atoms with Crippen LogP contribution in [0.5, 0.6) is 0 Å². The molecule has 18 heavy (non-hydrogen) atoms. The predicted octanol–water partition coefficient (Wildman–Crippen LogP) is -2.60. The number of imide groups is 1. The van der Waals surface area contributed by atoms with E-state index in [0.29, 0.717) is 4.90 Å². The van der Waals surface area contributed by atoms with Gasteiger partial charge in [0.15, 0.2) is 0 Å². The summed E-state index contributed by atoms with van der Waals surface area (Å²) in [5.74, 6) is -4.72. The van der Waals surface area contributed by atoms with Crippen LogP contribution in [0.2, 0.25) is 0 Å². The maximum absolute atomic E-state index is 11.7. The average molecular weight is 247 g/mol. The molecular formula is C11H5NO6-2. The van der Waals surface area contributed by atoms with Gasteiger partial charge in [-0.15, -0.1) is 0 Å². The van der Waals surface area contributed by atoms with Gasteiger partial charge < -0.3 is 19.8 Å². The standard InChI is InChI=1S/C11H7NO6/c13-8(14)4-12-9(15)6-2-1-5(11(17)18)3-7(6)10(12)16/h1-3H,4H2,(H,13,14)(H,17,18)/p-2. The van der Waals surface area contributed by atoms with E-state index in [1.54, 1.807) is 0 Å². The van der Waals surface area contributed by atoms with E-state index in [1.165, 1.54) is 0 Å². The van der Waals surface area contributed by atoms with E-state index in [2.05, 4.69) is 0 Å². The van der Waals surface area contributed by atoms with Gasteiger partial charge in [-0.25, -0.2) is 0 Å². The molecule has 0 aliphatic carbocycles. The molecule has 0 atom stereocenters. The molecule has 0 saturated carbocycles. The number of amides is 2. The van der Waals surface area contributed by atoms with E-state index in [0.717, 1.165) is 18.2 Å². The van der Waals surface area contributed by atoms with E-state index < -0.39 is 30.3 Å². The third kappa shape index (κ3) is 1.71. The van der Waals surface area contributed by atoms with Crippen LogP contribution in [0.4, 0.5) is 0 Å². The van der Waals surface area contributed by atoms with Crippen molar-refractivity contribution in [2.24, 2.45) is 0 Å². The zero-order valence-corrected chi connectivity index (χ0v) is 8.84. The highest BCUT2D eigenvalue weighted by Crippen LogP contribution is 2.23. The van der Waals surface area contributed by atoms with Crippen LogP contribution in [0.25, 0.3) is 0 Å². The first-order valence-corrected chi connectivity index (χ1v) is 4.83. The third-order valence-electron chi connectivity index (χ3n) is 2.49. The topological polar surface area (TPSA) is 118 Å². The summed E-state index contributed by atoms with van der Waals surface area (Å²) in [6.45, 7) is -0.868. The second-order valence-corrected chi connectivity index (χ2v) is 3.62. The number of aromatic carboxylic acids is 1. The van der Waals surface area contributed by atoms with Gasteiger partial charge in [0, 0.05) is 0 Å².